The van der Waals surface area contributed by atoms with Crippen LogP contribution in [0.2, 0.25) is 0 Å². The van der Waals surface area contributed by atoms with Crippen molar-refractivity contribution in [3.63, 3.8) is 0 Å². The Hall–Kier alpha value is -0.980. The minimum Gasteiger partial charge on any atom is -0.372 e. The molecule has 0 bridgehead atoms. The van der Waals surface area contributed by atoms with Crippen molar-refractivity contribution in [2.45, 2.75) is 59.8 Å². The molecule has 0 spiro atoms. The lowest BCUT2D eigenvalue weighted by Gasteiger charge is -2.25. The van der Waals surface area contributed by atoms with E-state index in [1.807, 2.05) is 0 Å². The number of rotatable bonds is 10. The second-order valence-corrected chi connectivity index (χ2v) is 4.60. The van der Waals surface area contributed by atoms with Crippen LogP contribution in [0.1, 0.15) is 59.8 Å². The Morgan fingerprint density at radius 3 is 2.28 bits per heavy atom. The van der Waals surface area contributed by atoms with E-state index in [1.165, 1.54) is 37.9 Å². The molecule has 104 valence electrons. The van der Waals surface area contributed by atoms with Gasteiger partial charge in [-0.15, -0.1) is 0 Å². The summed E-state index contributed by atoms with van der Waals surface area (Å²) in [5.41, 5.74) is 1.36. The summed E-state index contributed by atoms with van der Waals surface area (Å²) in [5.74, 6) is 0. The van der Waals surface area contributed by atoms with Crippen molar-refractivity contribution in [3.8, 4) is 0 Å². The highest BCUT2D eigenvalue weighted by Gasteiger charge is 2.04. The highest BCUT2D eigenvalue weighted by molar-refractivity contribution is 5.20. The maximum Gasteiger partial charge on any atom is 0.0322 e. The maximum atomic E-state index is 2.51. The molecule has 0 rings (SSSR count). The molecule has 0 atom stereocenters. The first kappa shape index (κ1) is 17.0. The fraction of sp³-hybridized carbons (Fsp3) is 0.647. The zero-order chi connectivity index (χ0) is 13.6. The Balaban J connectivity index is 4.42. The summed E-state index contributed by atoms with van der Waals surface area (Å²) >= 11 is 0. The molecule has 0 aromatic carbocycles. The molecule has 18 heavy (non-hydrogen) atoms. The van der Waals surface area contributed by atoms with Crippen LogP contribution in [0.4, 0.5) is 0 Å². The lowest BCUT2D eigenvalue weighted by atomic mass is 10.2. The van der Waals surface area contributed by atoms with Gasteiger partial charge in [0, 0.05) is 18.8 Å². The largest absolute Gasteiger partial charge is 0.372 e. The van der Waals surface area contributed by atoms with E-state index < -0.39 is 0 Å². The van der Waals surface area contributed by atoms with Gasteiger partial charge in [-0.25, -0.2) is 0 Å². The predicted octanol–water partition coefficient (Wildman–Crippen LogP) is 5.31. The van der Waals surface area contributed by atoms with Crippen molar-refractivity contribution in [2.24, 2.45) is 0 Å². The summed E-state index contributed by atoms with van der Waals surface area (Å²) in [7, 11) is 0. The van der Waals surface area contributed by atoms with E-state index in [2.05, 4.69) is 63.0 Å². The zero-order valence-electron chi connectivity index (χ0n) is 12.8. The van der Waals surface area contributed by atoms with E-state index in [-0.39, 0.29) is 0 Å². The van der Waals surface area contributed by atoms with Gasteiger partial charge < -0.3 is 4.90 Å². The van der Waals surface area contributed by atoms with Gasteiger partial charge in [-0.2, -0.15) is 0 Å². The van der Waals surface area contributed by atoms with E-state index >= 15 is 0 Å². The van der Waals surface area contributed by atoms with Gasteiger partial charge >= 0.3 is 0 Å². The van der Waals surface area contributed by atoms with E-state index in [0.717, 1.165) is 13.0 Å². The molecular formula is C17H31N. The summed E-state index contributed by atoms with van der Waals surface area (Å²) in [6, 6.07) is 0. The van der Waals surface area contributed by atoms with Crippen LogP contribution in [-0.2, 0) is 0 Å². The van der Waals surface area contributed by atoms with E-state index in [9.17, 15) is 0 Å². The third kappa shape index (κ3) is 8.16. The van der Waals surface area contributed by atoms with Gasteiger partial charge in [-0.1, -0.05) is 57.9 Å². The molecule has 0 fully saturated rings. The molecule has 0 N–H and O–H groups in total. The lowest BCUT2D eigenvalue weighted by Crippen LogP contribution is -2.24. The summed E-state index contributed by atoms with van der Waals surface area (Å²) in [5, 5.41) is 0. The number of unbranched alkanes of at least 4 members (excludes halogenated alkanes) is 2. The van der Waals surface area contributed by atoms with Crippen molar-refractivity contribution < 1.29 is 0 Å². The van der Waals surface area contributed by atoms with E-state index in [0.29, 0.717) is 0 Å². The minimum absolute atomic E-state index is 1.10. The molecule has 1 nitrogen and oxygen atoms in total. The number of allylic oxidation sites excluding steroid dienone is 5. The molecule has 0 saturated carbocycles. The summed E-state index contributed by atoms with van der Waals surface area (Å²) in [4.78, 5) is 2.51. The summed E-state index contributed by atoms with van der Waals surface area (Å²) in [6.45, 7) is 11.1. The third-order valence-electron chi connectivity index (χ3n) is 2.94. The second-order valence-electron chi connectivity index (χ2n) is 4.60. The Labute approximate surface area is 114 Å². The molecule has 0 radical (unpaired) electrons. The maximum absolute atomic E-state index is 2.51. The van der Waals surface area contributed by atoms with E-state index in [4.69, 9.17) is 0 Å². The lowest BCUT2D eigenvalue weighted by molar-refractivity contribution is 0.344. The minimum atomic E-state index is 1.10. The van der Waals surface area contributed by atoms with Crippen LogP contribution in [0.5, 0.6) is 0 Å². The fourth-order valence-electron chi connectivity index (χ4n) is 1.95. The molecule has 1 heteroatoms. The highest BCUT2D eigenvalue weighted by Crippen LogP contribution is 2.10. The zero-order valence-corrected chi connectivity index (χ0v) is 12.8. The average Bonchev–Trinajstić information content (AvgIpc) is 2.38. The Morgan fingerprint density at radius 2 is 1.72 bits per heavy atom. The summed E-state index contributed by atoms with van der Waals surface area (Å²) < 4.78 is 0. The van der Waals surface area contributed by atoms with Crippen molar-refractivity contribution in [1.82, 2.24) is 4.90 Å². The predicted molar refractivity (Wildman–Crippen MR) is 83.7 cm³/mol. The van der Waals surface area contributed by atoms with Crippen LogP contribution >= 0.6 is 0 Å². The van der Waals surface area contributed by atoms with Crippen LogP contribution in [0, 0.1) is 0 Å². The number of hydrogen-bond acceptors (Lipinski definition) is 1. The first-order chi connectivity index (χ1) is 8.79. The first-order valence-electron chi connectivity index (χ1n) is 7.54. The van der Waals surface area contributed by atoms with Gasteiger partial charge in [0.1, 0.15) is 0 Å². The van der Waals surface area contributed by atoms with Gasteiger partial charge in [-0.3, -0.25) is 0 Å². The first-order valence-corrected chi connectivity index (χ1v) is 7.54. The normalized spacial score (nSPS) is 12.8. The fourth-order valence-corrected chi connectivity index (χ4v) is 1.95. The quantitative estimate of drug-likeness (QED) is 0.374. The molecular weight excluding hydrogens is 218 g/mol. The number of hydrogen-bond donors (Lipinski definition) is 0. The number of nitrogens with zero attached hydrogens (tertiary/aromatic N) is 1. The monoisotopic (exact) mass is 249 g/mol. The van der Waals surface area contributed by atoms with Crippen molar-refractivity contribution in [3.05, 3.63) is 36.1 Å². The average molecular weight is 249 g/mol. The van der Waals surface area contributed by atoms with Crippen molar-refractivity contribution in [2.75, 3.05) is 13.1 Å². The highest BCUT2D eigenvalue weighted by atomic mass is 15.1. The molecule has 0 aliphatic carbocycles. The third-order valence-corrected chi connectivity index (χ3v) is 2.94. The van der Waals surface area contributed by atoms with Crippen LogP contribution in [0.15, 0.2) is 36.1 Å². The Morgan fingerprint density at radius 1 is 0.944 bits per heavy atom. The molecule has 0 unspecified atom stereocenters. The molecule has 0 aromatic rings. The van der Waals surface area contributed by atoms with Crippen LogP contribution < -0.4 is 0 Å². The Kier molecular flexibility index (Phi) is 11.8. The van der Waals surface area contributed by atoms with Crippen molar-refractivity contribution in [1.29, 1.82) is 0 Å². The molecule has 0 saturated heterocycles. The molecule has 0 aliphatic rings. The van der Waals surface area contributed by atoms with Crippen LogP contribution in [0.25, 0.3) is 0 Å². The second kappa shape index (κ2) is 12.5. The SMILES string of the molecule is C\C=C(/C=C\C=C/CC)N(CCC)CCCCC. The van der Waals surface area contributed by atoms with Crippen LogP contribution in [-0.4, -0.2) is 18.0 Å². The van der Waals surface area contributed by atoms with Gasteiger partial charge in [-0.05, 0) is 32.3 Å². The van der Waals surface area contributed by atoms with Crippen molar-refractivity contribution >= 4 is 0 Å². The standard InChI is InChI=1S/C17H31N/c1-5-9-11-12-14-17(8-4)18(15-7-3)16-13-10-6-2/h8-9,11-12,14H,5-7,10,13,15-16H2,1-4H3/b11-9-,14-12-,17-8+. The van der Waals surface area contributed by atoms with Crippen LogP contribution in [0.3, 0.4) is 0 Å². The molecule has 0 aromatic heterocycles. The Bertz CT molecular complexity index is 261. The topological polar surface area (TPSA) is 3.24 Å². The summed E-state index contributed by atoms with van der Waals surface area (Å²) in [6.07, 6.45) is 17.2. The molecule has 0 aliphatic heterocycles. The van der Waals surface area contributed by atoms with Gasteiger partial charge in [0.15, 0.2) is 0 Å². The molecule has 0 heterocycles. The van der Waals surface area contributed by atoms with E-state index in [1.54, 1.807) is 0 Å². The smallest absolute Gasteiger partial charge is 0.0322 e. The van der Waals surface area contributed by atoms with Gasteiger partial charge in [0.25, 0.3) is 0 Å². The van der Waals surface area contributed by atoms with Gasteiger partial charge in [0.2, 0.25) is 0 Å². The molecule has 0 amide bonds. The van der Waals surface area contributed by atoms with Gasteiger partial charge in [0.05, 0.1) is 0 Å².